The third kappa shape index (κ3) is 2.51. The number of hydrogen-bond donors (Lipinski definition) is 1. The van der Waals surface area contributed by atoms with Crippen LogP contribution in [0, 0.1) is 13.8 Å². The van der Waals surface area contributed by atoms with Gasteiger partial charge < -0.3 is 19.4 Å². The number of benzene rings is 2. The second-order valence-electron chi connectivity index (χ2n) is 7.07. The van der Waals surface area contributed by atoms with E-state index in [9.17, 15) is 0 Å². The lowest BCUT2D eigenvalue weighted by atomic mass is 10.0. The van der Waals surface area contributed by atoms with Gasteiger partial charge in [-0.05, 0) is 67.9 Å². The predicted octanol–water partition coefficient (Wildman–Crippen LogP) is 5.72. The van der Waals surface area contributed by atoms with Crippen LogP contribution in [0.2, 0.25) is 0 Å². The molecule has 0 amide bonds. The lowest BCUT2D eigenvalue weighted by molar-refractivity contribution is 0.415. The van der Waals surface area contributed by atoms with Crippen LogP contribution in [0.25, 0.3) is 10.9 Å². The number of nitrogens with zero attached hydrogens (tertiary/aromatic N) is 2. The summed E-state index contributed by atoms with van der Waals surface area (Å²) in [5.74, 6) is 1.68. The smallest absolute Gasteiger partial charge is 0.163 e. The Bertz CT molecular complexity index is 1150. The van der Waals surface area contributed by atoms with E-state index in [0.717, 1.165) is 50.7 Å². The van der Waals surface area contributed by atoms with Crippen molar-refractivity contribution in [3.63, 3.8) is 0 Å². The van der Waals surface area contributed by atoms with Crippen LogP contribution >= 0.6 is 0 Å². The van der Waals surface area contributed by atoms with E-state index in [-0.39, 0.29) is 6.17 Å². The van der Waals surface area contributed by atoms with E-state index < -0.39 is 0 Å². The number of anilines is 3. The Morgan fingerprint density at radius 2 is 1.89 bits per heavy atom. The van der Waals surface area contributed by atoms with Gasteiger partial charge in [0.05, 0.1) is 24.6 Å². The van der Waals surface area contributed by atoms with Crippen molar-refractivity contribution in [2.24, 2.45) is 0 Å². The molecule has 5 rings (SSSR count). The Morgan fingerprint density at radius 1 is 1.07 bits per heavy atom. The van der Waals surface area contributed by atoms with E-state index in [1.54, 1.807) is 13.4 Å². The van der Waals surface area contributed by atoms with Gasteiger partial charge in [0, 0.05) is 22.5 Å². The van der Waals surface area contributed by atoms with Crippen LogP contribution in [0.15, 0.2) is 65.3 Å². The maximum Gasteiger partial charge on any atom is 0.163 e. The van der Waals surface area contributed by atoms with Gasteiger partial charge in [0.25, 0.3) is 0 Å². The average molecular weight is 371 g/mol. The highest BCUT2D eigenvalue weighted by Gasteiger charge is 2.32. The third-order valence-corrected chi connectivity index (χ3v) is 5.24. The van der Waals surface area contributed by atoms with E-state index in [0.29, 0.717) is 0 Å². The number of pyridine rings is 1. The van der Waals surface area contributed by atoms with Crippen molar-refractivity contribution in [2.75, 3.05) is 17.3 Å². The Kier molecular flexibility index (Phi) is 3.76. The SMILES string of the molecule is COc1ccc(N2c3cc(C)nc4c(C)ccc(c34)NC2c2ccco2)cc1. The van der Waals surface area contributed by atoms with Crippen molar-refractivity contribution in [3.05, 3.63) is 77.9 Å². The van der Waals surface area contributed by atoms with Crippen LogP contribution < -0.4 is 15.0 Å². The normalized spacial score (nSPS) is 15.5. The molecule has 1 unspecified atom stereocenters. The van der Waals surface area contributed by atoms with Gasteiger partial charge in [-0.25, -0.2) is 0 Å². The molecule has 0 radical (unpaired) electrons. The van der Waals surface area contributed by atoms with Gasteiger partial charge in [-0.1, -0.05) is 6.07 Å². The maximum absolute atomic E-state index is 5.79. The summed E-state index contributed by atoms with van der Waals surface area (Å²) in [7, 11) is 1.68. The fraction of sp³-hybridized carbons (Fsp3) is 0.174. The molecule has 1 aliphatic heterocycles. The van der Waals surface area contributed by atoms with Crippen molar-refractivity contribution < 1.29 is 9.15 Å². The maximum atomic E-state index is 5.79. The molecule has 2 aromatic carbocycles. The molecule has 0 aliphatic carbocycles. The monoisotopic (exact) mass is 371 g/mol. The third-order valence-electron chi connectivity index (χ3n) is 5.24. The van der Waals surface area contributed by atoms with Gasteiger partial charge in [0.1, 0.15) is 11.5 Å². The molecule has 0 bridgehead atoms. The molecular formula is C23H21N3O2. The van der Waals surface area contributed by atoms with Gasteiger partial charge in [-0.3, -0.25) is 4.98 Å². The quantitative estimate of drug-likeness (QED) is 0.499. The van der Waals surface area contributed by atoms with Gasteiger partial charge in [-0.15, -0.1) is 0 Å². The van der Waals surface area contributed by atoms with Crippen molar-refractivity contribution in [3.8, 4) is 5.75 Å². The first-order valence-corrected chi connectivity index (χ1v) is 9.30. The van der Waals surface area contributed by atoms with E-state index in [1.165, 1.54) is 0 Å². The molecule has 28 heavy (non-hydrogen) atoms. The number of aryl methyl sites for hydroxylation is 2. The first-order chi connectivity index (χ1) is 13.7. The molecule has 0 saturated heterocycles. The Morgan fingerprint density at radius 3 is 2.61 bits per heavy atom. The molecular weight excluding hydrogens is 350 g/mol. The number of methoxy groups -OCH3 is 1. The van der Waals surface area contributed by atoms with E-state index >= 15 is 0 Å². The number of furan rings is 1. The largest absolute Gasteiger partial charge is 0.497 e. The van der Waals surface area contributed by atoms with Crippen LogP contribution in [-0.2, 0) is 0 Å². The highest BCUT2D eigenvalue weighted by Crippen LogP contribution is 2.47. The molecule has 2 aromatic heterocycles. The molecule has 1 N–H and O–H groups in total. The summed E-state index contributed by atoms with van der Waals surface area (Å²) in [4.78, 5) is 7.08. The summed E-state index contributed by atoms with van der Waals surface area (Å²) in [5, 5.41) is 4.78. The zero-order chi connectivity index (χ0) is 19.3. The number of hydrogen-bond acceptors (Lipinski definition) is 5. The Hall–Kier alpha value is -3.47. The van der Waals surface area contributed by atoms with Crippen molar-refractivity contribution in [1.82, 2.24) is 4.98 Å². The molecule has 1 atom stereocenters. The number of ether oxygens (including phenoxy) is 1. The van der Waals surface area contributed by atoms with E-state index in [4.69, 9.17) is 14.1 Å². The molecule has 3 heterocycles. The first-order valence-electron chi connectivity index (χ1n) is 9.30. The minimum Gasteiger partial charge on any atom is -0.497 e. The highest BCUT2D eigenvalue weighted by molar-refractivity contribution is 6.06. The minimum atomic E-state index is -0.163. The van der Waals surface area contributed by atoms with Crippen molar-refractivity contribution in [2.45, 2.75) is 20.0 Å². The molecule has 5 heteroatoms. The van der Waals surface area contributed by atoms with Crippen LogP contribution in [0.4, 0.5) is 17.1 Å². The summed E-state index contributed by atoms with van der Waals surface area (Å²) >= 11 is 0. The van der Waals surface area contributed by atoms with Gasteiger partial charge in [-0.2, -0.15) is 0 Å². The second-order valence-corrected chi connectivity index (χ2v) is 7.07. The molecule has 0 saturated carbocycles. The second kappa shape index (κ2) is 6.30. The average Bonchev–Trinajstić information content (AvgIpc) is 3.25. The van der Waals surface area contributed by atoms with Crippen LogP contribution in [0.1, 0.15) is 23.2 Å². The Labute approximate surface area is 163 Å². The predicted molar refractivity (Wildman–Crippen MR) is 111 cm³/mol. The van der Waals surface area contributed by atoms with Crippen LogP contribution in [0.5, 0.6) is 5.75 Å². The lowest BCUT2D eigenvalue weighted by Gasteiger charge is -2.39. The zero-order valence-electron chi connectivity index (χ0n) is 16.1. The fourth-order valence-corrected chi connectivity index (χ4v) is 3.91. The van der Waals surface area contributed by atoms with Gasteiger partial charge in [0.2, 0.25) is 0 Å². The number of nitrogens with one attached hydrogen (secondary N) is 1. The molecule has 0 fully saturated rings. The lowest BCUT2D eigenvalue weighted by Crippen LogP contribution is -2.33. The Balaban J connectivity index is 1.79. The summed E-state index contributed by atoms with van der Waals surface area (Å²) in [6.45, 7) is 4.14. The topological polar surface area (TPSA) is 50.5 Å². The highest BCUT2D eigenvalue weighted by atomic mass is 16.5. The summed E-state index contributed by atoms with van der Waals surface area (Å²) in [6, 6.07) is 18.4. The summed E-state index contributed by atoms with van der Waals surface area (Å²) in [6.07, 6.45) is 1.55. The van der Waals surface area contributed by atoms with Gasteiger partial charge >= 0.3 is 0 Å². The number of aromatic nitrogens is 1. The van der Waals surface area contributed by atoms with E-state index in [1.807, 2.05) is 31.2 Å². The van der Waals surface area contributed by atoms with Crippen LogP contribution in [-0.4, -0.2) is 12.1 Å². The molecule has 5 nitrogen and oxygen atoms in total. The zero-order valence-corrected chi connectivity index (χ0v) is 16.1. The summed E-state index contributed by atoms with van der Waals surface area (Å²) in [5.41, 5.74) is 6.41. The molecule has 1 aliphatic rings. The standard InChI is InChI=1S/C23H21N3O2/c1-14-6-11-18-21-19(13-15(2)24-22(14)21)26(16-7-9-17(27-3)10-8-16)23(25-18)20-5-4-12-28-20/h4-13,23,25H,1-3H3. The minimum absolute atomic E-state index is 0.163. The fourth-order valence-electron chi connectivity index (χ4n) is 3.91. The summed E-state index contributed by atoms with van der Waals surface area (Å²) < 4.78 is 11.1. The van der Waals surface area contributed by atoms with Crippen LogP contribution in [0.3, 0.4) is 0 Å². The van der Waals surface area contributed by atoms with Gasteiger partial charge in [0.15, 0.2) is 6.17 Å². The molecule has 4 aromatic rings. The molecule has 140 valence electrons. The molecule has 0 spiro atoms. The van der Waals surface area contributed by atoms with Crippen molar-refractivity contribution in [1.29, 1.82) is 0 Å². The van der Waals surface area contributed by atoms with Crippen molar-refractivity contribution >= 4 is 28.0 Å². The number of rotatable bonds is 3. The van der Waals surface area contributed by atoms with E-state index in [2.05, 4.69) is 47.5 Å². The first kappa shape index (κ1) is 16.7.